The zero-order chi connectivity index (χ0) is 13.0. The van der Waals surface area contributed by atoms with E-state index in [-0.39, 0.29) is 6.61 Å². The number of rotatable bonds is 4. The first kappa shape index (κ1) is 13.1. The molecule has 0 heterocycles. The average molecular weight is 307 g/mol. The Kier molecular flexibility index (Phi) is 4.04. The predicted octanol–water partition coefficient (Wildman–Crippen LogP) is 3.74. The van der Waals surface area contributed by atoms with Crippen molar-refractivity contribution in [3.05, 3.63) is 64.6 Å². The molecular weight excluding hydrogens is 292 g/mol. The van der Waals surface area contributed by atoms with E-state index >= 15 is 0 Å². The maximum atomic E-state index is 10.4. The molecule has 2 nitrogen and oxygen atoms in total. The van der Waals surface area contributed by atoms with Gasteiger partial charge in [0, 0.05) is 4.47 Å². The van der Waals surface area contributed by atoms with Crippen LogP contribution in [0.5, 0.6) is 5.75 Å². The van der Waals surface area contributed by atoms with Crippen LogP contribution in [0.3, 0.4) is 0 Å². The fourth-order valence-corrected chi connectivity index (χ4v) is 1.90. The van der Waals surface area contributed by atoms with Crippen LogP contribution in [-0.2, 0) is 5.60 Å². The van der Waals surface area contributed by atoms with E-state index in [1.807, 2.05) is 54.6 Å². The first-order valence-corrected chi connectivity index (χ1v) is 6.53. The second kappa shape index (κ2) is 5.55. The lowest BCUT2D eigenvalue weighted by Gasteiger charge is -2.24. The predicted molar refractivity (Wildman–Crippen MR) is 75.6 cm³/mol. The summed E-state index contributed by atoms with van der Waals surface area (Å²) in [5, 5.41) is 10.4. The quantitative estimate of drug-likeness (QED) is 0.932. The van der Waals surface area contributed by atoms with E-state index in [4.69, 9.17) is 4.74 Å². The van der Waals surface area contributed by atoms with Gasteiger partial charge in [-0.1, -0.05) is 46.3 Å². The minimum Gasteiger partial charge on any atom is -0.490 e. The van der Waals surface area contributed by atoms with Crippen LogP contribution < -0.4 is 4.74 Å². The fraction of sp³-hybridized carbons (Fsp3) is 0.200. The zero-order valence-corrected chi connectivity index (χ0v) is 11.7. The standard InChI is InChI=1S/C15H15BrO2/c1-15(17,12-5-3-2-4-6-12)11-18-14-9-7-13(16)8-10-14/h2-10,17H,11H2,1H3. The van der Waals surface area contributed by atoms with Gasteiger partial charge in [-0.05, 0) is 36.8 Å². The van der Waals surface area contributed by atoms with Gasteiger partial charge < -0.3 is 9.84 Å². The SMILES string of the molecule is CC(O)(COc1ccc(Br)cc1)c1ccccc1. The number of hydrogen-bond donors (Lipinski definition) is 1. The van der Waals surface area contributed by atoms with Crippen LogP contribution in [0.1, 0.15) is 12.5 Å². The summed E-state index contributed by atoms with van der Waals surface area (Å²) in [5.41, 5.74) is -0.143. The molecule has 2 aromatic carbocycles. The molecule has 0 fully saturated rings. The molecule has 0 bridgehead atoms. The van der Waals surface area contributed by atoms with Crippen molar-refractivity contribution in [2.45, 2.75) is 12.5 Å². The van der Waals surface area contributed by atoms with E-state index < -0.39 is 5.60 Å². The highest BCUT2D eigenvalue weighted by Crippen LogP contribution is 2.23. The van der Waals surface area contributed by atoms with Crippen molar-refractivity contribution >= 4 is 15.9 Å². The number of ether oxygens (including phenoxy) is 1. The first-order valence-electron chi connectivity index (χ1n) is 5.74. The van der Waals surface area contributed by atoms with Gasteiger partial charge >= 0.3 is 0 Å². The van der Waals surface area contributed by atoms with Gasteiger partial charge in [0.2, 0.25) is 0 Å². The van der Waals surface area contributed by atoms with Crippen LogP contribution in [0, 0.1) is 0 Å². The smallest absolute Gasteiger partial charge is 0.121 e. The van der Waals surface area contributed by atoms with Crippen LogP contribution in [0.2, 0.25) is 0 Å². The molecule has 3 heteroatoms. The summed E-state index contributed by atoms with van der Waals surface area (Å²) in [4.78, 5) is 0. The van der Waals surface area contributed by atoms with Crippen molar-refractivity contribution in [2.75, 3.05) is 6.61 Å². The molecule has 2 aromatic rings. The molecule has 18 heavy (non-hydrogen) atoms. The van der Waals surface area contributed by atoms with Crippen molar-refractivity contribution in [2.24, 2.45) is 0 Å². The van der Waals surface area contributed by atoms with Crippen molar-refractivity contribution < 1.29 is 9.84 Å². The maximum Gasteiger partial charge on any atom is 0.121 e. The molecule has 1 N–H and O–H groups in total. The molecular formula is C15H15BrO2. The molecule has 1 unspecified atom stereocenters. The summed E-state index contributed by atoms with van der Waals surface area (Å²) in [5.74, 6) is 0.745. The van der Waals surface area contributed by atoms with E-state index in [0.717, 1.165) is 15.8 Å². The maximum absolute atomic E-state index is 10.4. The van der Waals surface area contributed by atoms with E-state index in [1.54, 1.807) is 6.92 Å². The largest absolute Gasteiger partial charge is 0.490 e. The number of aliphatic hydroxyl groups is 1. The van der Waals surface area contributed by atoms with E-state index in [9.17, 15) is 5.11 Å². The highest BCUT2D eigenvalue weighted by molar-refractivity contribution is 9.10. The Morgan fingerprint density at radius 1 is 1.06 bits per heavy atom. The topological polar surface area (TPSA) is 29.5 Å². The van der Waals surface area contributed by atoms with E-state index in [0.29, 0.717) is 0 Å². The Labute approximate surface area is 115 Å². The molecule has 1 atom stereocenters. The molecule has 0 aromatic heterocycles. The average Bonchev–Trinajstić information content (AvgIpc) is 2.39. The van der Waals surface area contributed by atoms with Gasteiger partial charge in [-0.25, -0.2) is 0 Å². The molecule has 0 aliphatic carbocycles. The molecule has 0 saturated carbocycles. The monoisotopic (exact) mass is 306 g/mol. The van der Waals surface area contributed by atoms with E-state index in [1.165, 1.54) is 0 Å². The van der Waals surface area contributed by atoms with Gasteiger partial charge in [0.15, 0.2) is 0 Å². The molecule has 0 spiro atoms. The van der Waals surface area contributed by atoms with Gasteiger partial charge in [0.1, 0.15) is 18.0 Å². The van der Waals surface area contributed by atoms with Crippen molar-refractivity contribution in [1.29, 1.82) is 0 Å². The van der Waals surface area contributed by atoms with Crippen LogP contribution in [0.4, 0.5) is 0 Å². The highest BCUT2D eigenvalue weighted by atomic mass is 79.9. The second-order valence-electron chi connectivity index (χ2n) is 4.38. The van der Waals surface area contributed by atoms with Crippen LogP contribution >= 0.6 is 15.9 Å². The summed E-state index contributed by atoms with van der Waals surface area (Å²) < 4.78 is 6.61. The Balaban J connectivity index is 2.03. The Bertz CT molecular complexity index is 492. The lowest BCUT2D eigenvalue weighted by molar-refractivity contribution is 0.00759. The minimum atomic E-state index is -0.992. The lowest BCUT2D eigenvalue weighted by Crippen LogP contribution is -2.29. The molecule has 0 aliphatic rings. The van der Waals surface area contributed by atoms with E-state index in [2.05, 4.69) is 15.9 Å². The Morgan fingerprint density at radius 2 is 1.67 bits per heavy atom. The number of halogens is 1. The lowest BCUT2D eigenvalue weighted by atomic mass is 9.97. The Hall–Kier alpha value is -1.32. The number of benzene rings is 2. The fourth-order valence-electron chi connectivity index (χ4n) is 1.64. The summed E-state index contributed by atoms with van der Waals surface area (Å²) in [6.45, 7) is 1.97. The molecule has 0 aliphatic heterocycles. The first-order chi connectivity index (χ1) is 8.58. The third kappa shape index (κ3) is 3.34. The highest BCUT2D eigenvalue weighted by Gasteiger charge is 2.23. The third-order valence-electron chi connectivity index (χ3n) is 2.73. The number of hydrogen-bond acceptors (Lipinski definition) is 2. The van der Waals surface area contributed by atoms with Gasteiger partial charge in [0.05, 0.1) is 0 Å². The molecule has 0 saturated heterocycles. The normalized spacial score (nSPS) is 13.9. The van der Waals surface area contributed by atoms with Gasteiger partial charge in [-0.2, -0.15) is 0 Å². The molecule has 0 amide bonds. The Morgan fingerprint density at radius 3 is 2.28 bits per heavy atom. The van der Waals surface area contributed by atoms with Crippen LogP contribution in [-0.4, -0.2) is 11.7 Å². The molecule has 94 valence electrons. The van der Waals surface area contributed by atoms with Crippen LogP contribution in [0.15, 0.2) is 59.1 Å². The molecule has 2 rings (SSSR count). The van der Waals surface area contributed by atoms with Crippen molar-refractivity contribution in [3.8, 4) is 5.75 Å². The summed E-state index contributed by atoms with van der Waals surface area (Å²) in [6.07, 6.45) is 0. The van der Waals surface area contributed by atoms with Gasteiger partial charge in [-0.15, -0.1) is 0 Å². The van der Waals surface area contributed by atoms with Crippen molar-refractivity contribution in [1.82, 2.24) is 0 Å². The van der Waals surface area contributed by atoms with Gasteiger partial charge in [0.25, 0.3) is 0 Å². The zero-order valence-electron chi connectivity index (χ0n) is 10.1. The van der Waals surface area contributed by atoms with Crippen molar-refractivity contribution in [3.63, 3.8) is 0 Å². The second-order valence-corrected chi connectivity index (χ2v) is 5.30. The molecule has 0 radical (unpaired) electrons. The third-order valence-corrected chi connectivity index (χ3v) is 3.26. The summed E-state index contributed by atoms with van der Waals surface area (Å²) in [6, 6.07) is 17.1. The summed E-state index contributed by atoms with van der Waals surface area (Å²) in [7, 11) is 0. The van der Waals surface area contributed by atoms with Gasteiger partial charge in [-0.3, -0.25) is 0 Å². The minimum absolute atomic E-state index is 0.221. The summed E-state index contributed by atoms with van der Waals surface area (Å²) >= 11 is 3.37. The van der Waals surface area contributed by atoms with Crippen LogP contribution in [0.25, 0.3) is 0 Å².